The van der Waals surface area contributed by atoms with Gasteiger partial charge in [0, 0.05) is 30.2 Å². The van der Waals surface area contributed by atoms with Crippen LogP contribution >= 0.6 is 0 Å². The number of Topliss-reactive ketones (excluding diaryl/α,β-unsaturated/α-hetero) is 1. The molecule has 4 heteroatoms. The van der Waals surface area contributed by atoms with E-state index in [2.05, 4.69) is 32.6 Å². The van der Waals surface area contributed by atoms with Crippen molar-refractivity contribution in [2.45, 2.75) is 58.8 Å². The number of carbonyl (C=O) groups excluding carboxylic acids is 1. The summed E-state index contributed by atoms with van der Waals surface area (Å²) in [6, 6.07) is 9.76. The quantitative estimate of drug-likeness (QED) is 0.713. The molecular formula is C18H30N2O2. The molecule has 0 radical (unpaired) electrons. The third-order valence-electron chi connectivity index (χ3n) is 3.77. The largest absolute Gasteiger partial charge is 0.367 e. The van der Waals surface area contributed by atoms with Gasteiger partial charge in [-0.1, -0.05) is 30.3 Å². The molecule has 0 aromatic heterocycles. The van der Waals surface area contributed by atoms with Gasteiger partial charge in [-0.2, -0.15) is 0 Å². The molecule has 0 spiro atoms. The van der Waals surface area contributed by atoms with Crippen LogP contribution in [-0.4, -0.2) is 48.1 Å². The third kappa shape index (κ3) is 5.52. The van der Waals surface area contributed by atoms with Gasteiger partial charge in [-0.25, -0.2) is 0 Å². The first-order chi connectivity index (χ1) is 10.3. The number of carbonyl (C=O) groups is 1. The zero-order chi connectivity index (χ0) is 16.7. The molecule has 124 valence electrons. The van der Waals surface area contributed by atoms with Crippen molar-refractivity contribution in [3.63, 3.8) is 0 Å². The molecule has 0 heterocycles. The van der Waals surface area contributed by atoms with Crippen LogP contribution in [0.1, 0.15) is 45.0 Å². The highest BCUT2D eigenvalue weighted by molar-refractivity contribution is 5.99. The SMILES string of the molecule is CC(N)C(OCCN(C(C)C)C(C)C)C(=O)c1ccccc1. The predicted molar refractivity (Wildman–Crippen MR) is 91.1 cm³/mol. The molecule has 2 atom stereocenters. The number of benzene rings is 1. The van der Waals surface area contributed by atoms with Gasteiger partial charge in [0.05, 0.1) is 6.61 Å². The lowest BCUT2D eigenvalue weighted by molar-refractivity contribution is 0.0177. The number of hydrogen-bond acceptors (Lipinski definition) is 4. The van der Waals surface area contributed by atoms with Gasteiger partial charge in [0.1, 0.15) is 6.10 Å². The predicted octanol–water partition coefficient (Wildman–Crippen LogP) is 2.72. The highest BCUT2D eigenvalue weighted by atomic mass is 16.5. The molecule has 1 rings (SSSR count). The van der Waals surface area contributed by atoms with Gasteiger partial charge in [0.25, 0.3) is 0 Å². The Bertz CT molecular complexity index is 436. The van der Waals surface area contributed by atoms with Gasteiger partial charge >= 0.3 is 0 Å². The second kappa shape index (κ2) is 9.03. The highest BCUT2D eigenvalue weighted by Gasteiger charge is 2.25. The molecule has 0 aliphatic heterocycles. The van der Waals surface area contributed by atoms with Crippen molar-refractivity contribution in [3.8, 4) is 0 Å². The zero-order valence-electron chi connectivity index (χ0n) is 14.5. The minimum absolute atomic E-state index is 0.0451. The van der Waals surface area contributed by atoms with Gasteiger partial charge < -0.3 is 10.5 Å². The van der Waals surface area contributed by atoms with E-state index in [0.29, 0.717) is 24.3 Å². The van der Waals surface area contributed by atoms with Crippen molar-refractivity contribution in [1.82, 2.24) is 4.90 Å². The van der Waals surface area contributed by atoms with Gasteiger partial charge in [0.2, 0.25) is 0 Å². The van der Waals surface area contributed by atoms with E-state index >= 15 is 0 Å². The summed E-state index contributed by atoms with van der Waals surface area (Å²) < 4.78 is 5.83. The summed E-state index contributed by atoms with van der Waals surface area (Å²) in [4.78, 5) is 14.8. The molecule has 0 amide bonds. The van der Waals surface area contributed by atoms with Gasteiger partial charge in [-0.3, -0.25) is 9.69 Å². The minimum atomic E-state index is -0.594. The van der Waals surface area contributed by atoms with Crippen molar-refractivity contribution in [1.29, 1.82) is 0 Å². The Morgan fingerprint density at radius 1 is 1.09 bits per heavy atom. The molecule has 0 bridgehead atoms. The van der Waals surface area contributed by atoms with Crippen LogP contribution in [0.5, 0.6) is 0 Å². The topological polar surface area (TPSA) is 55.6 Å². The summed E-state index contributed by atoms with van der Waals surface area (Å²) in [5.74, 6) is -0.0451. The molecule has 0 aliphatic carbocycles. The molecule has 2 N–H and O–H groups in total. The average Bonchev–Trinajstić information content (AvgIpc) is 2.46. The minimum Gasteiger partial charge on any atom is -0.367 e. The molecule has 0 saturated heterocycles. The molecule has 2 unspecified atom stereocenters. The van der Waals surface area contributed by atoms with Crippen LogP contribution in [-0.2, 0) is 4.74 Å². The first kappa shape index (κ1) is 18.8. The van der Waals surface area contributed by atoms with Crippen molar-refractivity contribution < 1.29 is 9.53 Å². The summed E-state index contributed by atoms with van der Waals surface area (Å²) in [5.41, 5.74) is 6.60. The van der Waals surface area contributed by atoms with Crippen LogP contribution < -0.4 is 5.73 Å². The first-order valence-corrected chi connectivity index (χ1v) is 8.06. The Morgan fingerprint density at radius 2 is 1.64 bits per heavy atom. The zero-order valence-corrected chi connectivity index (χ0v) is 14.5. The summed E-state index contributed by atoms with van der Waals surface area (Å²) in [6.45, 7) is 11.8. The van der Waals surface area contributed by atoms with Crippen LogP contribution in [0.25, 0.3) is 0 Å². The van der Waals surface area contributed by atoms with Gasteiger partial charge in [0.15, 0.2) is 5.78 Å². The van der Waals surface area contributed by atoms with Crippen molar-refractivity contribution in [3.05, 3.63) is 35.9 Å². The fourth-order valence-electron chi connectivity index (χ4n) is 2.63. The Morgan fingerprint density at radius 3 is 2.09 bits per heavy atom. The lowest BCUT2D eigenvalue weighted by atomic mass is 10.0. The normalized spacial score (nSPS) is 14.6. The standard InChI is InChI=1S/C18H30N2O2/c1-13(2)20(14(3)4)11-12-22-18(15(5)19)17(21)16-9-7-6-8-10-16/h6-10,13-15,18H,11-12,19H2,1-5H3. The number of ketones is 1. The summed E-state index contributed by atoms with van der Waals surface area (Å²) in [6.07, 6.45) is -0.594. The summed E-state index contributed by atoms with van der Waals surface area (Å²) in [7, 11) is 0. The molecule has 0 aliphatic rings. The first-order valence-electron chi connectivity index (χ1n) is 8.06. The van der Waals surface area contributed by atoms with Gasteiger partial charge in [-0.05, 0) is 34.6 Å². The van der Waals surface area contributed by atoms with Crippen molar-refractivity contribution >= 4 is 5.78 Å². The Labute approximate surface area is 134 Å². The molecule has 0 fully saturated rings. The van der Waals surface area contributed by atoms with E-state index < -0.39 is 6.10 Å². The molecule has 4 nitrogen and oxygen atoms in total. The maximum Gasteiger partial charge on any atom is 0.193 e. The second-order valence-corrected chi connectivity index (χ2v) is 6.31. The number of nitrogens with zero attached hydrogens (tertiary/aromatic N) is 1. The maximum absolute atomic E-state index is 12.5. The van der Waals surface area contributed by atoms with Crippen LogP contribution in [0.4, 0.5) is 0 Å². The van der Waals surface area contributed by atoms with E-state index in [1.54, 1.807) is 12.1 Å². The van der Waals surface area contributed by atoms with Crippen molar-refractivity contribution in [2.24, 2.45) is 5.73 Å². The lowest BCUT2D eigenvalue weighted by Gasteiger charge is -2.31. The van der Waals surface area contributed by atoms with Crippen LogP contribution in [0.2, 0.25) is 0 Å². The molecule has 1 aromatic rings. The third-order valence-corrected chi connectivity index (χ3v) is 3.77. The second-order valence-electron chi connectivity index (χ2n) is 6.31. The Balaban J connectivity index is 2.64. The van der Waals surface area contributed by atoms with E-state index in [9.17, 15) is 4.79 Å². The molecule has 1 aromatic carbocycles. The van der Waals surface area contributed by atoms with E-state index in [1.165, 1.54) is 0 Å². The fourth-order valence-corrected chi connectivity index (χ4v) is 2.63. The van der Waals surface area contributed by atoms with Crippen LogP contribution in [0.3, 0.4) is 0 Å². The molecule has 0 saturated carbocycles. The monoisotopic (exact) mass is 306 g/mol. The maximum atomic E-state index is 12.5. The van der Waals surface area contributed by atoms with Crippen molar-refractivity contribution in [2.75, 3.05) is 13.2 Å². The van der Waals surface area contributed by atoms with E-state index in [1.807, 2.05) is 25.1 Å². The number of hydrogen-bond donors (Lipinski definition) is 1. The molecule has 22 heavy (non-hydrogen) atoms. The Hall–Kier alpha value is -1.23. The summed E-state index contributed by atoms with van der Waals surface area (Å²) >= 11 is 0. The Kier molecular flexibility index (Phi) is 7.73. The van der Waals surface area contributed by atoms with Crippen LogP contribution in [0.15, 0.2) is 30.3 Å². The average molecular weight is 306 g/mol. The fraction of sp³-hybridized carbons (Fsp3) is 0.611. The van der Waals surface area contributed by atoms with E-state index in [-0.39, 0.29) is 11.8 Å². The van der Waals surface area contributed by atoms with Crippen LogP contribution in [0, 0.1) is 0 Å². The number of ether oxygens (including phenoxy) is 1. The molecular weight excluding hydrogens is 276 g/mol. The summed E-state index contributed by atoms with van der Waals surface area (Å²) in [5, 5.41) is 0. The smallest absolute Gasteiger partial charge is 0.193 e. The highest BCUT2D eigenvalue weighted by Crippen LogP contribution is 2.10. The van der Waals surface area contributed by atoms with E-state index in [4.69, 9.17) is 10.5 Å². The lowest BCUT2D eigenvalue weighted by Crippen LogP contribution is -2.44. The number of rotatable bonds is 9. The van der Waals surface area contributed by atoms with E-state index in [0.717, 1.165) is 6.54 Å². The van der Waals surface area contributed by atoms with Gasteiger partial charge in [-0.15, -0.1) is 0 Å². The number of nitrogens with two attached hydrogens (primary N) is 1.